The summed E-state index contributed by atoms with van der Waals surface area (Å²) in [6, 6.07) is 5.82. The quantitative estimate of drug-likeness (QED) is 0.853. The summed E-state index contributed by atoms with van der Waals surface area (Å²) < 4.78 is 5.12. The summed E-state index contributed by atoms with van der Waals surface area (Å²) in [7, 11) is 3.35. The Balaban J connectivity index is 2.63. The molecule has 0 radical (unpaired) electrons. The van der Waals surface area contributed by atoms with E-state index in [9.17, 15) is 9.59 Å². The SMILES string of the molecule is CCOC(=O)c1cnc2ccc(C)cc2c1N(C)CC(=O)NC. The van der Waals surface area contributed by atoms with Crippen LogP contribution in [-0.2, 0) is 9.53 Å². The topological polar surface area (TPSA) is 71.5 Å². The third-order valence-corrected chi connectivity index (χ3v) is 3.53. The molecule has 2 aromatic rings. The van der Waals surface area contributed by atoms with Gasteiger partial charge in [-0.2, -0.15) is 0 Å². The number of carbonyl (C=O) groups excluding carboxylic acids is 2. The molecule has 1 aromatic heterocycles. The van der Waals surface area contributed by atoms with Gasteiger partial charge in [-0.3, -0.25) is 9.78 Å². The molecule has 122 valence electrons. The van der Waals surface area contributed by atoms with Crippen LogP contribution < -0.4 is 10.2 Å². The van der Waals surface area contributed by atoms with Crippen LogP contribution in [0.2, 0.25) is 0 Å². The van der Waals surface area contributed by atoms with E-state index in [1.807, 2.05) is 25.1 Å². The predicted molar refractivity (Wildman–Crippen MR) is 89.8 cm³/mol. The maximum absolute atomic E-state index is 12.3. The van der Waals surface area contributed by atoms with Crippen LogP contribution in [0.15, 0.2) is 24.4 Å². The van der Waals surface area contributed by atoms with E-state index in [0.717, 1.165) is 16.5 Å². The van der Waals surface area contributed by atoms with E-state index in [1.54, 1.807) is 25.9 Å². The highest BCUT2D eigenvalue weighted by Crippen LogP contribution is 2.30. The molecule has 6 nitrogen and oxygen atoms in total. The maximum Gasteiger partial charge on any atom is 0.341 e. The molecule has 0 atom stereocenters. The van der Waals surface area contributed by atoms with Crippen LogP contribution in [0.3, 0.4) is 0 Å². The molecule has 0 aliphatic rings. The fourth-order valence-electron chi connectivity index (χ4n) is 2.44. The molecule has 1 aromatic carbocycles. The molecular formula is C17H21N3O3. The number of nitrogens with one attached hydrogen (secondary N) is 1. The van der Waals surface area contributed by atoms with E-state index >= 15 is 0 Å². The number of carbonyl (C=O) groups is 2. The summed E-state index contributed by atoms with van der Waals surface area (Å²) in [5.74, 6) is -0.581. The average molecular weight is 315 g/mol. The largest absolute Gasteiger partial charge is 0.462 e. The monoisotopic (exact) mass is 315 g/mol. The van der Waals surface area contributed by atoms with E-state index in [-0.39, 0.29) is 19.1 Å². The van der Waals surface area contributed by atoms with Gasteiger partial charge in [-0.25, -0.2) is 4.79 Å². The number of nitrogens with zero attached hydrogens (tertiary/aromatic N) is 2. The average Bonchev–Trinajstić information content (AvgIpc) is 2.53. The van der Waals surface area contributed by atoms with Gasteiger partial charge in [-0.05, 0) is 26.0 Å². The lowest BCUT2D eigenvalue weighted by molar-refractivity contribution is -0.119. The van der Waals surface area contributed by atoms with Crippen molar-refractivity contribution >= 4 is 28.5 Å². The Kier molecular flexibility index (Phi) is 5.16. The standard InChI is InChI=1S/C17H21N3O3/c1-5-23-17(22)13-9-19-14-7-6-11(2)8-12(14)16(13)20(4)10-15(21)18-3/h6-9H,5,10H2,1-4H3,(H,18,21). The summed E-state index contributed by atoms with van der Waals surface area (Å²) in [5.41, 5.74) is 2.83. The Morgan fingerprint density at radius 1 is 1.35 bits per heavy atom. The van der Waals surface area contributed by atoms with Gasteiger partial charge in [-0.1, -0.05) is 11.6 Å². The van der Waals surface area contributed by atoms with Gasteiger partial charge in [0.25, 0.3) is 0 Å². The highest BCUT2D eigenvalue weighted by atomic mass is 16.5. The van der Waals surface area contributed by atoms with Crippen LogP contribution in [0.25, 0.3) is 10.9 Å². The highest BCUT2D eigenvalue weighted by molar-refractivity contribution is 6.06. The Labute approximate surface area is 135 Å². The first-order chi connectivity index (χ1) is 11.0. The normalized spacial score (nSPS) is 10.4. The number of likely N-dealkylation sites (N-methyl/N-ethyl adjacent to an activating group) is 2. The van der Waals surface area contributed by atoms with Crippen LogP contribution >= 0.6 is 0 Å². The lowest BCUT2D eigenvalue weighted by atomic mass is 10.1. The smallest absolute Gasteiger partial charge is 0.341 e. The van der Waals surface area contributed by atoms with Gasteiger partial charge >= 0.3 is 5.97 Å². The van der Waals surface area contributed by atoms with Crippen molar-refractivity contribution in [2.75, 3.05) is 32.1 Å². The lowest BCUT2D eigenvalue weighted by Gasteiger charge is -2.23. The van der Waals surface area contributed by atoms with Gasteiger partial charge in [0.15, 0.2) is 0 Å². The van der Waals surface area contributed by atoms with Gasteiger partial charge in [0.2, 0.25) is 5.91 Å². The molecule has 0 spiro atoms. The third-order valence-electron chi connectivity index (χ3n) is 3.53. The van der Waals surface area contributed by atoms with Crippen LogP contribution in [0, 0.1) is 6.92 Å². The van der Waals surface area contributed by atoms with Gasteiger partial charge < -0.3 is 15.0 Å². The van der Waals surface area contributed by atoms with Crippen molar-refractivity contribution in [2.24, 2.45) is 0 Å². The number of benzene rings is 1. The second-order valence-electron chi connectivity index (χ2n) is 5.29. The molecule has 0 saturated heterocycles. The Hall–Kier alpha value is -2.63. The van der Waals surface area contributed by atoms with Crippen LogP contribution in [0.1, 0.15) is 22.8 Å². The number of pyridine rings is 1. The van der Waals surface area contributed by atoms with E-state index in [1.165, 1.54) is 6.20 Å². The summed E-state index contributed by atoms with van der Waals surface area (Å²) in [5, 5.41) is 3.41. The fourth-order valence-corrected chi connectivity index (χ4v) is 2.44. The summed E-state index contributed by atoms with van der Waals surface area (Å²) in [4.78, 5) is 30.1. The van der Waals surface area contributed by atoms with Gasteiger partial charge in [-0.15, -0.1) is 0 Å². The molecule has 1 N–H and O–H groups in total. The molecule has 0 unspecified atom stereocenters. The second kappa shape index (κ2) is 7.09. The number of rotatable bonds is 5. The number of hydrogen-bond donors (Lipinski definition) is 1. The fraction of sp³-hybridized carbons (Fsp3) is 0.353. The van der Waals surface area contributed by atoms with Crippen molar-refractivity contribution < 1.29 is 14.3 Å². The zero-order valence-electron chi connectivity index (χ0n) is 13.8. The highest BCUT2D eigenvalue weighted by Gasteiger charge is 2.20. The van der Waals surface area contributed by atoms with E-state index < -0.39 is 5.97 Å². The van der Waals surface area contributed by atoms with Crippen molar-refractivity contribution in [3.63, 3.8) is 0 Å². The van der Waals surface area contributed by atoms with E-state index in [4.69, 9.17) is 4.74 Å². The molecule has 1 heterocycles. The number of aromatic nitrogens is 1. The van der Waals surface area contributed by atoms with Crippen molar-refractivity contribution in [3.05, 3.63) is 35.5 Å². The third kappa shape index (κ3) is 3.59. The Bertz CT molecular complexity index is 743. The van der Waals surface area contributed by atoms with Crippen LogP contribution in [-0.4, -0.2) is 44.1 Å². The molecule has 0 fully saturated rings. The summed E-state index contributed by atoms with van der Waals surface area (Å²) >= 11 is 0. The molecular weight excluding hydrogens is 294 g/mol. The minimum absolute atomic E-state index is 0.135. The van der Waals surface area contributed by atoms with Gasteiger partial charge in [0.05, 0.1) is 24.4 Å². The maximum atomic E-state index is 12.3. The molecule has 1 amide bonds. The van der Waals surface area contributed by atoms with Crippen molar-refractivity contribution in [1.82, 2.24) is 10.3 Å². The number of ether oxygens (including phenoxy) is 1. The number of esters is 1. The zero-order valence-corrected chi connectivity index (χ0v) is 13.8. The first-order valence-corrected chi connectivity index (χ1v) is 7.46. The number of aryl methyl sites for hydroxylation is 1. The van der Waals surface area contributed by atoms with Crippen LogP contribution in [0.4, 0.5) is 5.69 Å². The van der Waals surface area contributed by atoms with Crippen LogP contribution in [0.5, 0.6) is 0 Å². The molecule has 23 heavy (non-hydrogen) atoms. The second-order valence-corrected chi connectivity index (χ2v) is 5.29. The molecule has 6 heteroatoms. The molecule has 0 aliphatic heterocycles. The minimum Gasteiger partial charge on any atom is -0.462 e. The van der Waals surface area contributed by atoms with Gasteiger partial charge in [0, 0.05) is 25.7 Å². The van der Waals surface area contributed by atoms with E-state index in [2.05, 4.69) is 10.3 Å². The van der Waals surface area contributed by atoms with Gasteiger partial charge in [0.1, 0.15) is 5.56 Å². The number of fused-ring (bicyclic) bond motifs is 1. The van der Waals surface area contributed by atoms with E-state index in [0.29, 0.717) is 11.3 Å². The first-order valence-electron chi connectivity index (χ1n) is 7.46. The minimum atomic E-state index is -0.442. The summed E-state index contributed by atoms with van der Waals surface area (Å²) in [6.07, 6.45) is 1.51. The molecule has 0 saturated carbocycles. The predicted octanol–water partition coefficient (Wildman–Crippen LogP) is 1.90. The number of anilines is 1. The molecule has 0 aliphatic carbocycles. The van der Waals surface area contributed by atoms with Crippen molar-refractivity contribution in [1.29, 1.82) is 0 Å². The zero-order chi connectivity index (χ0) is 17.0. The summed E-state index contributed by atoms with van der Waals surface area (Å²) in [6.45, 7) is 4.14. The Morgan fingerprint density at radius 3 is 2.74 bits per heavy atom. The van der Waals surface area contributed by atoms with Crippen molar-refractivity contribution in [2.45, 2.75) is 13.8 Å². The van der Waals surface area contributed by atoms with Crippen molar-refractivity contribution in [3.8, 4) is 0 Å². The molecule has 0 bridgehead atoms. The number of hydrogen-bond acceptors (Lipinski definition) is 5. The molecule has 2 rings (SSSR count). The lowest BCUT2D eigenvalue weighted by Crippen LogP contribution is -2.34. The Morgan fingerprint density at radius 2 is 2.09 bits per heavy atom. The first kappa shape index (κ1) is 16.7. The number of amides is 1.